The van der Waals surface area contributed by atoms with E-state index in [2.05, 4.69) is 17.6 Å². The lowest BCUT2D eigenvalue weighted by molar-refractivity contribution is -0.120. The molecule has 1 unspecified atom stereocenters. The molecule has 0 aromatic rings. The monoisotopic (exact) mass is 242 g/mol. The van der Waals surface area contributed by atoms with E-state index in [-0.39, 0.29) is 24.0 Å². The van der Waals surface area contributed by atoms with Gasteiger partial charge < -0.3 is 15.7 Å². The molecule has 0 bridgehead atoms. The molecule has 17 heavy (non-hydrogen) atoms. The highest BCUT2D eigenvalue weighted by Gasteiger charge is 2.41. The predicted molar refractivity (Wildman–Crippen MR) is 68.8 cm³/mol. The highest BCUT2D eigenvalue weighted by molar-refractivity contribution is 5.78. The molecule has 0 heterocycles. The van der Waals surface area contributed by atoms with Crippen LogP contribution in [0.1, 0.15) is 46.0 Å². The van der Waals surface area contributed by atoms with E-state index in [1.807, 2.05) is 6.92 Å². The Morgan fingerprint density at radius 3 is 2.71 bits per heavy atom. The third-order valence-corrected chi connectivity index (χ3v) is 3.51. The molecule has 0 aromatic heterocycles. The normalized spacial score (nSPS) is 18.8. The smallest absolute Gasteiger partial charge is 0.234 e. The summed E-state index contributed by atoms with van der Waals surface area (Å²) < 4.78 is 0. The second-order valence-electron chi connectivity index (χ2n) is 5.33. The number of nitrogens with one attached hydrogen (secondary N) is 2. The zero-order valence-electron chi connectivity index (χ0n) is 11.1. The molecule has 1 fully saturated rings. The predicted octanol–water partition coefficient (Wildman–Crippen LogP) is 1.04. The number of amides is 1. The third-order valence-electron chi connectivity index (χ3n) is 3.51. The highest BCUT2D eigenvalue weighted by Crippen LogP contribution is 2.47. The van der Waals surface area contributed by atoms with Gasteiger partial charge in [-0.3, -0.25) is 4.79 Å². The first-order chi connectivity index (χ1) is 8.12. The van der Waals surface area contributed by atoms with Gasteiger partial charge in [-0.25, -0.2) is 0 Å². The van der Waals surface area contributed by atoms with E-state index in [1.54, 1.807) is 0 Å². The zero-order valence-corrected chi connectivity index (χ0v) is 11.1. The Morgan fingerprint density at radius 1 is 1.47 bits per heavy atom. The van der Waals surface area contributed by atoms with E-state index >= 15 is 0 Å². The van der Waals surface area contributed by atoms with Gasteiger partial charge in [0.2, 0.25) is 5.91 Å². The fourth-order valence-electron chi connectivity index (χ4n) is 2.20. The molecule has 0 spiro atoms. The summed E-state index contributed by atoms with van der Waals surface area (Å²) in [4.78, 5) is 11.6. The summed E-state index contributed by atoms with van der Waals surface area (Å²) in [5, 5.41) is 15.1. The largest absolute Gasteiger partial charge is 0.396 e. The fourth-order valence-corrected chi connectivity index (χ4v) is 2.20. The molecule has 0 saturated heterocycles. The molecule has 1 saturated carbocycles. The summed E-state index contributed by atoms with van der Waals surface area (Å²) >= 11 is 0. The van der Waals surface area contributed by atoms with Crippen LogP contribution < -0.4 is 10.6 Å². The molecule has 100 valence electrons. The summed E-state index contributed by atoms with van der Waals surface area (Å²) in [6.07, 6.45) is 5.32. The molecule has 1 rings (SSSR count). The van der Waals surface area contributed by atoms with Crippen molar-refractivity contribution in [1.29, 1.82) is 0 Å². The molecule has 0 radical (unpaired) electrons. The number of aliphatic hydroxyl groups is 1. The van der Waals surface area contributed by atoms with Crippen LogP contribution in [0.15, 0.2) is 0 Å². The van der Waals surface area contributed by atoms with Crippen molar-refractivity contribution in [2.45, 2.75) is 52.0 Å². The van der Waals surface area contributed by atoms with Gasteiger partial charge >= 0.3 is 0 Å². The molecule has 1 aliphatic rings. The maximum atomic E-state index is 11.6. The maximum Gasteiger partial charge on any atom is 0.234 e. The number of hydrogen-bond acceptors (Lipinski definition) is 3. The molecule has 1 amide bonds. The van der Waals surface area contributed by atoms with Crippen LogP contribution in [0.4, 0.5) is 0 Å². The Kier molecular flexibility index (Phi) is 5.92. The minimum Gasteiger partial charge on any atom is -0.396 e. The molecular weight excluding hydrogens is 216 g/mol. The van der Waals surface area contributed by atoms with Crippen LogP contribution in [-0.2, 0) is 4.79 Å². The van der Waals surface area contributed by atoms with Gasteiger partial charge in [0, 0.05) is 19.2 Å². The molecule has 4 heteroatoms. The molecule has 1 aliphatic carbocycles. The Hall–Kier alpha value is -0.610. The van der Waals surface area contributed by atoms with E-state index in [1.165, 1.54) is 12.8 Å². The van der Waals surface area contributed by atoms with Crippen molar-refractivity contribution in [3.8, 4) is 0 Å². The first kappa shape index (κ1) is 14.5. The van der Waals surface area contributed by atoms with E-state index < -0.39 is 0 Å². The lowest BCUT2D eigenvalue weighted by Gasteiger charge is -2.16. The summed E-state index contributed by atoms with van der Waals surface area (Å²) in [5.74, 6) is 0.0748. The topological polar surface area (TPSA) is 61.4 Å². The average molecular weight is 242 g/mol. The summed E-state index contributed by atoms with van der Waals surface area (Å²) in [6, 6.07) is 0.265. The minimum atomic E-state index is 0.0748. The van der Waals surface area contributed by atoms with Crippen molar-refractivity contribution in [2.24, 2.45) is 5.41 Å². The summed E-state index contributed by atoms with van der Waals surface area (Å²) in [5.41, 5.74) is 0.282. The van der Waals surface area contributed by atoms with Crippen molar-refractivity contribution >= 4 is 5.91 Å². The van der Waals surface area contributed by atoms with E-state index in [9.17, 15) is 4.79 Å². The average Bonchev–Trinajstić information content (AvgIpc) is 2.99. The third kappa shape index (κ3) is 5.50. The van der Waals surface area contributed by atoms with Crippen molar-refractivity contribution in [3.63, 3.8) is 0 Å². The summed E-state index contributed by atoms with van der Waals surface area (Å²) in [6.45, 7) is 5.65. The molecule has 0 aromatic carbocycles. The Bertz CT molecular complexity index is 240. The van der Waals surface area contributed by atoms with Crippen molar-refractivity contribution < 1.29 is 9.90 Å². The Balaban J connectivity index is 2.08. The lowest BCUT2D eigenvalue weighted by Crippen LogP contribution is -2.40. The van der Waals surface area contributed by atoms with E-state index in [4.69, 9.17) is 5.11 Å². The van der Waals surface area contributed by atoms with Gasteiger partial charge in [-0.05, 0) is 38.0 Å². The van der Waals surface area contributed by atoms with Crippen LogP contribution in [0.5, 0.6) is 0 Å². The quantitative estimate of drug-likeness (QED) is 0.566. The SMILES string of the molecule is CCCC(C)NC(=O)CNCC1(CCO)CC1. The number of rotatable bonds is 9. The van der Waals surface area contributed by atoms with Gasteiger partial charge in [-0.1, -0.05) is 13.3 Å². The van der Waals surface area contributed by atoms with Crippen molar-refractivity contribution in [3.05, 3.63) is 0 Å². The van der Waals surface area contributed by atoms with Gasteiger partial charge in [-0.2, -0.15) is 0 Å². The lowest BCUT2D eigenvalue weighted by atomic mass is 10.0. The van der Waals surface area contributed by atoms with Gasteiger partial charge in [0.05, 0.1) is 6.54 Å². The van der Waals surface area contributed by atoms with Crippen molar-refractivity contribution in [1.82, 2.24) is 10.6 Å². The van der Waals surface area contributed by atoms with Gasteiger partial charge in [0.15, 0.2) is 0 Å². The number of hydrogen-bond donors (Lipinski definition) is 3. The minimum absolute atomic E-state index is 0.0748. The van der Waals surface area contributed by atoms with Crippen LogP contribution >= 0.6 is 0 Å². The van der Waals surface area contributed by atoms with Crippen molar-refractivity contribution in [2.75, 3.05) is 19.7 Å². The molecular formula is C13H26N2O2. The van der Waals surface area contributed by atoms with Crippen LogP contribution in [0, 0.1) is 5.41 Å². The molecule has 0 aliphatic heterocycles. The fraction of sp³-hybridized carbons (Fsp3) is 0.923. The Morgan fingerprint density at radius 2 is 2.18 bits per heavy atom. The number of aliphatic hydroxyl groups excluding tert-OH is 1. The first-order valence-corrected chi connectivity index (χ1v) is 6.73. The second kappa shape index (κ2) is 6.97. The molecule has 3 N–H and O–H groups in total. The second-order valence-corrected chi connectivity index (χ2v) is 5.33. The Labute approximate surface area is 104 Å². The maximum absolute atomic E-state index is 11.6. The van der Waals surface area contributed by atoms with Crippen LogP contribution in [0.25, 0.3) is 0 Å². The van der Waals surface area contributed by atoms with Gasteiger partial charge in [0.25, 0.3) is 0 Å². The first-order valence-electron chi connectivity index (χ1n) is 6.73. The van der Waals surface area contributed by atoms with Crippen LogP contribution in [-0.4, -0.2) is 36.8 Å². The molecule has 4 nitrogen and oxygen atoms in total. The molecule has 1 atom stereocenters. The number of carbonyl (C=O) groups is 1. The van der Waals surface area contributed by atoms with Gasteiger partial charge in [-0.15, -0.1) is 0 Å². The van der Waals surface area contributed by atoms with Crippen LogP contribution in [0.2, 0.25) is 0 Å². The number of carbonyl (C=O) groups excluding carboxylic acids is 1. The standard InChI is InChI=1S/C13H26N2O2/c1-3-4-11(2)15-12(17)9-14-10-13(5-6-13)7-8-16/h11,14,16H,3-10H2,1-2H3,(H,15,17). The summed E-state index contributed by atoms with van der Waals surface area (Å²) in [7, 11) is 0. The van der Waals surface area contributed by atoms with Gasteiger partial charge in [0.1, 0.15) is 0 Å². The van der Waals surface area contributed by atoms with Crippen LogP contribution in [0.3, 0.4) is 0 Å². The highest BCUT2D eigenvalue weighted by atomic mass is 16.3. The zero-order chi connectivity index (χ0) is 12.7. The van der Waals surface area contributed by atoms with E-state index in [0.717, 1.165) is 25.8 Å². The van der Waals surface area contributed by atoms with E-state index in [0.29, 0.717) is 6.54 Å².